The minimum Gasteiger partial charge on any atom is -0.385 e. The lowest BCUT2D eigenvalue weighted by molar-refractivity contribution is -0.117. The molecule has 1 amide bonds. The van der Waals surface area contributed by atoms with Crippen molar-refractivity contribution < 1.29 is 13.6 Å². The summed E-state index contributed by atoms with van der Waals surface area (Å²) in [5, 5.41) is 5.82. The third kappa shape index (κ3) is 2.86. The maximum atomic E-state index is 13.2. The van der Waals surface area contributed by atoms with Gasteiger partial charge in [-0.3, -0.25) is 4.79 Å². The number of para-hydroxylation sites is 1. The van der Waals surface area contributed by atoms with Gasteiger partial charge in [-0.1, -0.05) is 18.2 Å². The Kier molecular flexibility index (Phi) is 3.56. The third-order valence-corrected chi connectivity index (χ3v) is 3.53. The lowest BCUT2D eigenvalue weighted by Crippen LogP contribution is -2.27. The number of carbonyl (C=O) groups is 1. The van der Waals surface area contributed by atoms with Gasteiger partial charge < -0.3 is 10.6 Å². The first-order chi connectivity index (χ1) is 10.1. The zero-order valence-electron chi connectivity index (χ0n) is 11.2. The molecule has 0 aliphatic carbocycles. The number of nitrogens with one attached hydrogen (secondary N) is 2. The van der Waals surface area contributed by atoms with Crippen molar-refractivity contribution >= 4 is 17.3 Å². The second-order valence-corrected chi connectivity index (χ2v) is 5.00. The molecule has 1 aliphatic heterocycles. The lowest BCUT2D eigenvalue weighted by Gasteiger charge is -2.25. The van der Waals surface area contributed by atoms with Crippen molar-refractivity contribution in [3.8, 4) is 0 Å². The van der Waals surface area contributed by atoms with E-state index in [0.29, 0.717) is 13.0 Å². The first kappa shape index (κ1) is 13.5. The highest BCUT2D eigenvalue weighted by Gasteiger charge is 2.26. The zero-order valence-corrected chi connectivity index (χ0v) is 11.2. The van der Waals surface area contributed by atoms with E-state index in [9.17, 15) is 13.6 Å². The number of halogens is 2. The van der Waals surface area contributed by atoms with Crippen LogP contribution in [0.4, 0.5) is 20.2 Å². The summed E-state index contributed by atoms with van der Waals surface area (Å²) in [4.78, 5) is 12.4. The van der Waals surface area contributed by atoms with E-state index in [1.54, 1.807) is 0 Å². The predicted octanol–water partition coefficient (Wildman–Crippen LogP) is 3.50. The standard InChI is InChI=1S/C16H14F2N2O/c17-10-7-11(18)9-12(8-10)20-16(21)14-5-6-19-15-4-2-1-3-13(14)15/h1-4,7-9,14,19H,5-6H2,(H,20,21). The summed E-state index contributed by atoms with van der Waals surface area (Å²) in [5.74, 6) is -2.00. The summed E-state index contributed by atoms with van der Waals surface area (Å²) in [6, 6.07) is 10.5. The smallest absolute Gasteiger partial charge is 0.232 e. The highest BCUT2D eigenvalue weighted by Crippen LogP contribution is 2.32. The quantitative estimate of drug-likeness (QED) is 0.888. The van der Waals surface area contributed by atoms with Crippen LogP contribution < -0.4 is 10.6 Å². The van der Waals surface area contributed by atoms with Crippen LogP contribution in [0.5, 0.6) is 0 Å². The van der Waals surface area contributed by atoms with E-state index in [0.717, 1.165) is 29.4 Å². The van der Waals surface area contributed by atoms with Crippen molar-refractivity contribution in [2.45, 2.75) is 12.3 Å². The molecule has 2 N–H and O–H groups in total. The second-order valence-electron chi connectivity index (χ2n) is 5.00. The minimum absolute atomic E-state index is 0.133. The van der Waals surface area contributed by atoms with Gasteiger partial charge >= 0.3 is 0 Å². The Hall–Kier alpha value is -2.43. The highest BCUT2D eigenvalue weighted by molar-refractivity contribution is 5.97. The maximum absolute atomic E-state index is 13.2. The average molecular weight is 288 g/mol. The Bertz CT molecular complexity index is 667. The van der Waals surface area contributed by atoms with Crippen molar-refractivity contribution in [2.24, 2.45) is 0 Å². The van der Waals surface area contributed by atoms with E-state index in [2.05, 4.69) is 10.6 Å². The summed E-state index contributed by atoms with van der Waals surface area (Å²) in [6.07, 6.45) is 0.640. The van der Waals surface area contributed by atoms with Crippen LogP contribution >= 0.6 is 0 Å². The Morgan fingerprint density at radius 1 is 1.14 bits per heavy atom. The molecule has 0 saturated carbocycles. The SMILES string of the molecule is O=C(Nc1cc(F)cc(F)c1)C1CCNc2ccccc21. The summed E-state index contributed by atoms with van der Waals surface area (Å²) in [5.41, 5.74) is 1.96. The summed E-state index contributed by atoms with van der Waals surface area (Å²) in [6.45, 7) is 0.687. The van der Waals surface area contributed by atoms with Crippen molar-refractivity contribution in [1.29, 1.82) is 0 Å². The molecule has 0 spiro atoms. The molecular formula is C16H14F2N2O. The maximum Gasteiger partial charge on any atom is 0.232 e. The van der Waals surface area contributed by atoms with E-state index in [4.69, 9.17) is 0 Å². The number of anilines is 2. The van der Waals surface area contributed by atoms with Crippen LogP contribution in [0.2, 0.25) is 0 Å². The molecule has 1 atom stereocenters. The van der Waals surface area contributed by atoms with E-state index in [-0.39, 0.29) is 17.5 Å². The molecule has 2 aromatic carbocycles. The van der Waals surface area contributed by atoms with E-state index in [1.807, 2.05) is 24.3 Å². The van der Waals surface area contributed by atoms with Crippen LogP contribution in [0, 0.1) is 11.6 Å². The van der Waals surface area contributed by atoms with Crippen LogP contribution in [0.3, 0.4) is 0 Å². The van der Waals surface area contributed by atoms with Gasteiger partial charge in [-0.15, -0.1) is 0 Å². The average Bonchev–Trinajstić information content (AvgIpc) is 2.45. The van der Waals surface area contributed by atoms with Gasteiger partial charge in [0.25, 0.3) is 0 Å². The molecule has 1 aliphatic rings. The molecule has 0 radical (unpaired) electrons. The summed E-state index contributed by atoms with van der Waals surface area (Å²) in [7, 11) is 0. The number of benzene rings is 2. The van der Waals surface area contributed by atoms with Gasteiger partial charge in [-0.05, 0) is 30.2 Å². The first-order valence-electron chi connectivity index (χ1n) is 6.73. The van der Waals surface area contributed by atoms with Gasteiger partial charge in [0.05, 0.1) is 5.92 Å². The molecule has 108 valence electrons. The molecule has 0 saturated heterocycles. The number of amides is 1. The van der Waals surface area contributed by atoms with Gasteiger partial charge in [0, 0.05) is 24.0 Å². The Balaban J connectivity index is 1.83. The molecule has 5 heteroatoms. The molecule has 3 nitrogen and oxygen atoms in total. The lowest BCUT2D eigenvalue weighted by atomic mass is 9.90. The molecule has 0 aromatic heterocycles. The minimum atomic E-state index is -0.712. The fourth-order valence-corrected chi connectivity index (χ4v) is 2.60. The molecular weight excluding hydrogens is 274 g/mol. The topological polar surface area (TPSA) is 41.1 Å². The number of fused-ring (bicyclic) bond motifs is 1. The third-order valence-electron chi connectivity index (χ3n) is 3.53. The predicted molar refractivity (Wildman–Crippen MR) is 77.3 cm³/mol. The fraction of sp³-hybridized carbons (Fsp3) is 0.188. The normalized spacial score (nSPS) is 16.8. The number of carbonyl (C=O) groups excluding carboxylic acids is 1. The van der Waals surface area contributed by atoms with Crippen molar-refractivity contribution in [1.82, 2.24) is 0 Å². The van der Waals surface area contributed by atoms with E-state index in [1.165, 1.54) is 0 Å². The van der Waals surface area contributed by atoms with Crippen molar-refractivity contribution in [2.75, 3.05) is 17.2 Å². The fourth-order valence-electron chi connectivity index (χ4n) is 2.60. The number of rotatable bonds is 2. The van der Waals surface area contributed by atoms with Crippen LogP contribution in [-0.2, 0) is 4.79 Å². The van der Waals surface area contributed by atoms with E-state index >= 15 is 0 Å². The van der Waals surface area contributed by atoms with Crippen LogP contribution in [0.15, 0.2) is 42.5 Å². The molecule has 3 rings (SSSR count). The zero-order chi connectivity index (χ0) is 14.8. The van der Waals surface area contributed by atoms with E-state index < -0.39 is 11.6 Å². The largest absolute Gasteiger partial charge is 0.385 e. The molecule has 0 bridgehead atoms. The molecule has 1 heterocycles. The van der Waals surface area contributed by atoms with Gasteiger partial charge in [0.1, 0.15) is 11.6 Å². The highest BCUT2D eigenvalue weighted by atomic mass is 19.1. The molecule has 21 heavy (non-hydrogen) atoms. The van der Waals surface area contributed by atoms with Gasteiger partial charge in [0.15, 0.2) is 0 Å². The monoisotopic (exact) mass is 288 g/mol. The number of hydrogen-bond acceptors (Lipinski definition) is 2. The Labute approximate surface area is 121 Å². The van der Waals surface area contributed by atoms with Crippen molar-refractivity contribution in [3.63, 3.8) is 0 Å². The van der Waals surface area contributed by atoms with Gasteiger partial charge in [-0.2, -0.15) is 0 Å². The summed E-state index contributed by atoms with van der Waals surface area (Å²) >= 11 is 0. The number of hydrogen-bond donors (Lipinski definition) is 2. The summed E-state index contributed by atoms with van der Waals surface area (Å²) < 4.78 is 26.3. The van der Waals surface area contributed by atoms with Gasteiger partial charge in [0.2, 0.25) is 5.91 Å². The van der Waals surface area contributed by atoms with Crippen LogP contribution in [-0.4, -0.2) is 12.5 Å². The van der Waals surface area contributed by atoms with Gasteiger partial charge in [-0.25, -0.2) is 8.78 Å². The first-order valence-corrected chi connectivity index (χ1v) is 6.73. The Morgan fingerprint density at radius 3 is 2.62 bits per heavy atom. The van der Waals surface area contributed by atoms with Crippen LogP contribution in [0.25, 0.3) is 0 Å². The molecule has 0 fully saturated rings. The van der Waals surface area contributed by atoms with Crippen LogP contribution in [0.1, 0.15) is 17.9 Å². The van der Waals surface area contributed by atoms with Crippen molar-refractivity contribution in [3.05, 3.63) is 59.7 Å². The molecule has 2 aromatic rings. The second kappa shape index (κ2) is 5.52. The Morgan fingerprint density at radius 2 is 1.86 bits per heavy atom. The molecule has 1 unspecified atom stereocenters.